The van der Waals surface area contributed by atoms with Gasteiger partial charge in [-0.3, -0.25) is 4.40 Å². The molecule has 3 aromatic rings. The largest absolute Gasteiger partial charge is 0.464 e. The van der Waals surface area contributed by atoms with Crippen molar-refractivity contribution in [3.8, 4) is 0 Å². The first-order valence-corrected chi connectivity index (χ1v) is 8.97. The van der Waals surface area contributed by atoms with Crippen molar-refractivity contribution in [3.63, 3.8) is 0 Å². The maximum Gasteiger partial charge on any atom is 0.357 e. The van der Waals surface area contributed by atoms with Gasteiger partial charge in [-0.25, -0.2) is 9.78 Å². The van der Waals surface area contributed by atoms with Crippen LogP contribution in [0.5, 0.6) is 0 Å². The number of aromatic nitrogens is 3. The SMILES string of the molecule is COC(=O)c1c(C)nc2n(CCN3CCCCC3)c3ccccc3n12.Cl. The number of methoxy groups -OCH3 is 1. The zero-order valence-electron chi connectivity index (χ0n) is 15.3. The molecule has 140 valence electrons. The quantitative estimate of drug-likeness (QED) is 0.655. The Balaban J connectivity index is 0.00000196. The van der Waals surface area contributed by atoms with Crippen LogP contribution in [-0.4, -0.2) is 51.6 Å². The lowest BCUT2D eigenvalue weighted by Crippen LogP contribution is -2.32. The standard InChI is InChI=1S/C19H24N4O2.ClH/c1-14-17(18(24)25-2)23-16-9-5-4-8-15(16)22(19(23)20-14)13-12-21-10-6-3-7-11-21;/h4-5,8-9H,3,6-7,10-13H2,1-2H3;1H. The molecule has 0 saturated carbocycles. The number of carbonyl (C=O) groups is 1. The molecule has 6 nitrogen and oxygen atoms in total. The van der Waals surface area contributed by atoms with Gasteiger partial charge < -0.3 is 14.2 Å². The molecule has 4 rings (SSSR count). The summed E-state index contributed by atoms with van der Waals surface area (Å²) in [5.74, 6) is 0.472. The first kappa shape index (κ1) is 18.7. The van der Waals surface area contributed by atoms with E-state index in [4.69, 9.17) is 4.74 Å². The van der Waals surface area contributed by atoms with E-state index in [2.05, 4.69) is 20.5 Å². The van der Waals surface area contributed by atoms with Crippen LogP contribution >= 0.6 is 12.4 Å². The molecule has 1 fully saturated rings. The van der Waals surface area contributed by atoms with E-state index >= 15 is 0 Å². The van der Waals surface area contributed by atoms with Crippen molar-refractivity contribution < 1.29 is 9.53 Å². The van der Waals surface area contributed by atoms with Crippen molar-refractivity contribution in [2.45, 2.75) is 32.7 Å². The van der Waals surface area contributed by atoms with E-state index in [1.807, 2.05) is 29.5 Å². The molecule has 0 N–H and O–H groups in total. The summed E-state index contributed by atoms with van der Waals surface area (Å²) in [7, 11) is 1.41. The number of hydrogen-bond acceptors (Lipinski definition) is 4. The summed E-state index contributed by atoms with van der Waals surface area (Å²) >= 11 is 0. The van der Waals surface area contributed by atoms with Gasteiger partial charge in [-0.1, -0.05) is 18.6 Å². The minimum absolute atomic E-state index is 0. The molecular weight excluding hydrogens is 352 g/mol. The summed E-state index contributed by atoms with van der Waals surface area (Å²) < 4.78 is 9.14. The normalized spacial score (nSPS) is 15.3. The number of fused-ring (bicyclic) bond motifs is 3. The molecule has 0 aliphatic carbocycles. The average Bonchev–Trinajstić information content (AvgIpc) is 3.13. The number of nitrogens with zero attached hydrogens (tertiary/aromatic N) is 4. The molecule has 0 amide bonds. The number of ether oxygens (including phenoxy) is 1. The molecule has 1 aliphatic heterocycles. The summed E-state index contributed by atoms with van der Waals surface area (Å²) in [4.78, 5) is 19.5. The number of halogens is 1. The molecule has 0 radical (unpaired) electrons. The fraction of sp³-hybridized carbons (Fsp3) is 0.474. The number of para-hydroxylation sites is 2. The van der Waals surface area contributed by atoms with Gasteiger partial charge in [-0.2, -0.15) is 0 Å². The number of benzene rings is 1. The smallest absolute Gasteiger partial charge is 0.357 e. The Kier molecular flexibility index (Phi) is 5.53. The molecule has 2 aromatic heterocycles. The van der Waals surface area contributed by atoms with Crippen LogP contribution in [0.15, 0.2) is 24.3 Å². The number of esters is 1. The zero-order chi connectivity index (χ0) is 17.4. The number of piperidine rings is 1. The highest BCUT2D eigenvalue weighted by Crippen LogP contribution is 2.25. The van der Waals surface area contributed by atoms with Crippen molar-refractivity contribution in [2.75, 3.05) is 26.7 Å². The molecule has 7 heteroatoms. The molecule has 3 heterocycles. The Morgan fingerprint density at radius 1 is 1.12 bits per heavy atom. The summed E-state index contributed by atoms with van der Waals surface area (Å²) in [5, 5.41) is 0. The van der Waals surface area contributed by atoms with Gasteiger partial charge in [0.2, 0.25) is 5.78 Å². The topological polar surface area (TPSA) is 51.8 Å². The second kappa shape index (κ2) is 7.68. The first-order valence-electron chi connectivity index (χ1n) is 8.97. The highest BCUT2D eigenvalue weighted by molar-refractivity contribution is 5.93. The van der Waals surface area contributed by atoms with Gasteiger partial charge >= 0.3 is 5.97 Å². The minimum atomic E-state index is -0.344. The zero-order valence-corrected chi connectivity index (χ0v) is 16.1. The molecule has 0 bridgehead atoms. The van der Waals surface area contributed by atoms with Gasteiger partial charge in [0.25, 0.3) is 0 Å². The van der Waals surface area contributed by atoms with E-state index in [9.17, 15) is 4.79 Å². The maximum atomic E-state index is 12.3. The van der Waals surface area contributed by atoms with Gasteiger partial charge in [-0.05, 0) is 45.0 Å². The van der Waals surface area contributed by atoms with E-state index in [1.165, 1.54) is 39.5 Å². The van der Waals surface area contributed by atoms with Crippen molar-refractivity contribution in [2.24, 2.45) is 0 Å². The highest BCUT2D eigenvalue weighted by Gasteiger charge is 2.23. The van der Waals surface area contributed by atoms with Gasteiger partial charge in [-0.15, -0.1) is 12.4 Å². The van der Waals surface area contributed by atoms with E-state index < -0.39 is 0 Å². The maximum absolute atomic E-state index is 12.3. The fourth-order valence-corrected chi connectivity index (χ4v) is 3.89. The third-order valence-corrected chi connectivity index (χ3v) is 5.16. The van der Waals surface area contributed by atoms with E-state index in [0.29, 0.717) is 11.4 Å². The van der Waals surface area contributed by atoms with Gasteiger partial charge in [0.05, 0.1) is 23.8 Å². The lowest BCUT2D eigenvalue weighted by molar-refractivity contribution is 0.0592. The van der Waals surface area contributed by atoms with Crippen LogP contribution in [0.3, 0.4) is 0 Å². The predicted molar refractivity (Wildman–Crippen MR) is 104 cm³/mol. The second-order valence-electron chi connectivity index (χ2n) is 6.72. The summed E-state index contributed by atoms with van der Waals surface area (Å²) in [6.45, 7) is 6.09. The van der Waals surface area contributed by atoms with Gasteiger partial charge in [0.15, 0.2) is 5.69 Å². The Morgan fingerprint density at radius 2 is 1.81 bits per heavy atom. The monoisotopic (exact) mass is 376 g/mol. The third kappa shape index (κ3) is 3.08. The summed E-state index contributed by atoms with van der Waals surface area (Å²) in [6, 6.07) is 8.15. The number of hydrogen-bond donors (Lipinski definition) is 0. The molecule has 1 aromatic carbocycles. The number of carbonyl (C=O) groups excluding carboxylic acids is 1. The highest BCUT2D eigenvalue weighted by atomic mass is 35.5. The molecular formula is C19H25ClN4O2. The lowest BCUT2D eigenvalue weighted by atomic mass is 10.1. The third-order valence-electron chi connectivity index (χ3n) is 5.16. The number of likely N-dealkylation sites (tertiary alicyclic amines) is 1. The van der Waals surface area contributed by atoms with Crippen LogP contribution in [0.1, 0.15) is 35.4 Å². The molecule has 26 heavy (non-hydrogen) atoms. The minimum Gasteiger partial charge on any atom is -0.464 e. The molecule has 0 unspecified atom stereocenters. The summed E-state index contributed by atoms with van der Waals surface area (Å²) in [6.07, 6.45) is 3.92. The predicted octanol–water partition coefficient (Wildman–Crippen LogP) is 3.29. The molecule has 1 aliphatic rings. The number of aryl methyl sites for hydroxylation is 1. The van der Waals surface area contributed by atoms with Crippen LogP contribution in [0.2, 0.25) is 0 Å². The van der Waals surface area contributed by atoms with Crippen molar-refractivity contribution >= 4 is 35.2 Å². The average molecular weight is 377 g/mol. The number of rotatable bonds is 4. The van der Waals surface area contributed by atoms with E-state index in [1.54, 1.807) is 0 Å². The van der Waals surface area contributed by atoms with Crippen molar-refractivity contribution in [1.82, 2.24) is 18.9 Å². The van der Waals surface area contributed by atoms with Crippen LogP contribution in [-0.2, 0) is 11.3 Å². The van der Waals surface area contributed by atoms with Crippen LogP contribution in [0, 0.1) is 6.92 Å². The fourth-order valence-electron chi connectivity index (χ4n) is 3.89. The Hall–Kier alpha value is -2.05. The van der Waals surface area contributed by atoms with Crippen molar-refractivity contribution in [1.29, 1.82) is 0 Å². The molecule has 0 spiro atoms. The Labute approximate surface area is 159 Å². The van der Waals surface area contributed by atoms with Crippen LogP contribution in [0.4, 0.5) is 0 Å². The van der Waals surface area contributed by atoms with E-state index in [0.717, 1.165) is 29.9 Å². The lowest BCUT2D eigenvalue weighted by Gasteiger charge is -2.26. The molecule has 1 saturated heterocycles. The Bertz CT molecular complexity index is 925. The van der Waals surface area contributed by atoms with E-state index in [-0.39, 0.29) is 18.4 Å². The van der Waals surface area contributed by atoms with Crippen LogP contribution < -0.4 is 0 Å². The Morgan fingerprint density at radius 3 is 2.50 bits per heavy atom. The second-order valence-corrected chi connectivity index (χ2v) is 6.72. The van der Waals surface area contributed by atoms with Crippen LogP contribution in [0.25, 0.3) is 16.8 Å². The van der Waals surface area contributed by atoms with Gasteiger partial charge in [0.1, 0.15) is 0 Å². The first-order chi connectivity index (χ1) is 12.2. The summed E-state index contributed by atoms with van der Waals surface area (Å²) in [5.41, 5.74) is 3.33. The van der Waals surface area contributed by atoms with Crippen molar-refractivity contribution in [3.05, 3.63) is 35.7 Å². The number of imidazole rings is 2. The van der Waals surface area contributed by atoms with Gasteiger partial charge in [0, 0.05) is 13.1 Å². The molecule has 0 atom stereocenters.